The number of rotatable bonds is 3. The van der Waals surface area contributed by atoms with Crippen LogP contribution in [0.2, 0.25) is 0 Å². The molecule has 1 amide bonds. The van der Waals surface area contributed by atoms with E-state index in [1.54, 1.807) is 48.5 Å². The largest absolute Gasteiger partial charge is 0.506 e. The summed E-state index contributed by atoms with van der Waals surface area (Å²) in [5.74, 6) is -1.62. The van der Waals surface area contributed by atoms with Gasteiger partial charge in [0.05, 0.1) is 5.52 Å². The minimum atomic E-state index is -0.774. The minimum Gasteiger partial charge on any atom is -0.506 e. The second-order valence-corrected chi connectivity index (χ2v) is 6.18. The summed E-state index contributed by atoms with van der Waals surface area (Å²) >= 11 is 0. The van der Waals surface area contributed by atoms with E-state index in [0.717, 1.165) is 0 Å². The standard InChI is InChI=1S/C22H15FN2O3/c23-14-10-12-15(13-11-14)24-21(27)19-20(26)17-8-4-5-9-18(17)25(22(19)28)16-6-2-1-3-7-16/h1-13,26H,(H,24,27). The van der Waals surface area contributed by atoms with Crippen LogP contribution in [0.1, 0.15) is 10.4 Å². The van der Waals surface area contributed by atoms with Gasteiger partial charge >= 0.3 is 0 Å². The Morgan fingerprint density at radius 3 is 2.25 bits per heavy atom. The normalized spacial score (nSPS) is 10.8. The van der Waals surface area contributed by atoms with E-state index in [-0.39, 0.29) is 5.56 Å². The smallest absolute Gasteiger partial charge is 0.272 e. The van der Waals surface area contributed by atoms with Crippen LogP contribution in [0.25, 0.3) is 16.6 Å². The molecule has 0 bridgehead atoms. The molecule has 0 spiro atoms. The zero-order chi connectivity index (χ0) is 19.7. The summed E-state index contributed by atoms with van der Waals surface area (Å²) in [5, 5.41) is 13.6. The molecular weight excluding hydrogens is 359 g/mol. The summed E-state index contributed by atoms with van der Waals surface area (Å²) in [4.78, 5) is 26.0. The van der Waals surface area contributed by atoms with Crippen LogP contribution in [-0.2, 0) is 0 Å². The van der Waals surface area contributed by atoms with E-state index in [1.807, 2.05) is 6.07 Å². The van der Waals surface area contributed by atoms with Gasteiger partial charge in [0, 0.05) is 16.8 Å². The lowest BCUT2D eigenvalue weighted by Gasteiger charge is -2.15. The number of benzene rings is 3. The van der Waals surface area contributed by atoms with Crippen molar-refractivity contribution >= 4 is 22.5 Å². The van der Waals surface area contributed by atoms with Gasteiger partial charge in [-0.15, -0.1) is 0 Å². The van der Waals surface area contributed by atoms with Crippen LogP contribution in [0, 0.1) is 5.82 Å². The fourth-order valence-electron chi connectivity index (χ4n) is 3.09. The number of hydrogen-bond acceptors (Lipinski definition) is 3. The summed E-state index contributed by atoms with van der Waals surface area (Å²) in [7, 11) is 0. The van der Waals surface area contributed by atoms with Gasteiger partial charge in [-0.1, -0.05) is 30.3 Å². The number of fused-ring (bicyclic) bond motifs is 1. The van der Waals surface area contributed by atoms with Crippen molar-refractivity contribution < 1.29 is 14.3 Å². The van der Waals surface area contributed by atoms with Gasteiger partial charge in [0.2, 0.25) is 0 Å². The fraction of sp³-hybridized carbons (Fsp3) is 0. The summed E-state index contributed by atoms with van der Waals surface area (Å²) in [5.41, 5.74) is 0.326. The van der Waals surface area contributed by atoms with Gasteiger partial charge in [0.15, 0.2) is 0 Å². The van der Waals surface area contributed by atoms with E-state index in [0.29, 0.717) is 22.3 Å². The molecule has 0 atom stereocenters. The number of anilines is 1. The first-order valence-corrected chi connectivity index (χ1v) is 8.55. The van der Waals surface area contributed by atoms with E-state index in [2.05, 4.69) is 5.32 Å². The number of hydrogen-bond donors (Lipinski definition) is 2. The number of nitrogens with zero attached hydrogens (tertiary/aromatic N) is 1. The lowest BCUT2D eigenvalue weighted by molar-refractivity contribution is 0.102. The highest BCUT2D eigenvalue weighted by molar-refractivity contribution is 6.09. The Morgan fingerprint density at radius 2 is 1.54 bits per heavy atom. The molecule has 0 saturated heterocycles. The number of aromatic nitrogens is 1. The van der Waals surface area contributed by atoms with Crippen molar-refractivity contribution in [1.82, 2.24) is 4.57 Å². The number of nitrogens with one attached hydrogen (secondary N) is 1. The van der Waals surface area contributed by atoms with Crippen molar-refractivity contribution in [3.8, 4) is 11.4 Å². The topological polar surface area (TPSA) is 71.3 Å². The zero-order valence-corrected chi connectivity index (χ0v) is 14.6. The lowest BCUT2D eigenvalue weighted by atomic mass is 10.1. The average molecular weight is 374 g/mol. The number of aromatic hydroxyl groups is 1. The van der Waals surface area contributed by atoms with Gasteiger partial charge in [0.1, 0.15) is 17.1 Å². The number of pyridine rings is 1. The van der Waals surface area contributed by atoms with Crippen molar-refractivity contribution in [3.05, 3.63) is 101 Å². The summed E-state index contributed by atoms with van der Waals surface area (Å²) < 4.78 is 14.5. The van der Waals surface area contributed by atoms with Crippen molar-refractivity contribution in [2.75, 3.05) is 5.32 Å². The van der Waals surface area contributed by atoms with Crippen LogP contribution in [0.3, 0.4) is 0 Å². The quantitative estimate of drug-likeness (QED) is 0.567. The van der Waals surface area contributed by atoms with E-state index in [4.69, 9.17) is 0 Å². The number of para-hydroxylation sites is 2. The SMILES string of the molecule is O=C(Nc1ccc(F)cc1)c1c(O)c2ccccc2n(-c2ccccc2)c1=O. The van der Waals surface area contributed by atoms with Crippen LogP contribution >= 0.6 is 0 Å². The van der Waals surface area contributed by atoms with Gasteiger partial charge in [-0.3, -0.25) is 14.2 Å². The molecule has 0 fully saturated rings. The molecule has 0 aliphatic rings. The first-order chi connectivity index (χ1) is 13.6. The molecular formula is C22H15FN2O3. The third-order valence-electron chi connectivity index (χ3n) is 4.40. The molecule has 1 aromatic heterocycles. The van der Waals surface area contributed by atoms with Crippen LogP contribution in [-0.4, -0.2) is 15.6 Å². The Labute approximate surface area is 159 Å². The molecule has 0 saturated carbocycles. The Kier molecular flexibility index (Phi) is 4.37. The van der Waals surface area contributed by atoms with Crippen LogP contribution in [0.4, 0.5) is 10.1 Å². The number of carbonyl (C=O) groups excluding carboxylic acids is 1. The molecule has 4 aromatic rings. The Hall–Kier alpha value is -3.93. The molecule has 0 aliphatic heterocycles. The van der Waals surface area contributed by atoms with Crippen molar-refractivity contribution in [1.29, 1.82) is 0 Å². The van der Waals surface area contributed by atoms with E-state index in [9.17, 15) is 19.1 Å². The van der Waals surface area contributed by atoms with Gasteiger partial charge < -0.3 is 10.4 Å². The highest BCUT2D eigenvalue weighted by atomic mass is 19.1. The maximum Gasteiger partial charge on any atom is 0.272 e. The number of halogens is 1. The highest BCUT2D eigenvalue weighted by Crippen LogP contribution is 2.28. The molecule has 3 aromatic carbocycles. The first-order valence-electron chi connectivity index (χ1n) is 8.55. The van der Waals surface area contributed by atoms with Gasteiger partial charge in [-0.2, -0.15) is 0 Å². The third-order valence-corrected chi connectivity index (χ3v) is 4.40. The van der Waals surface area contributed by atoms with Crippen LogP contribution in [0.15, 0.2) is 83.7 Å². The van der Waals surface area contributed by atoms with Crippen molar-refractivity contribution in [2.45, 2.75) is 0 Å². The number of carbonyl (C=O) groups is 1. The molecule has 28 heavy (non-hydrogen) atoms. The minimum absolute atomic E-state index is 0.310. The molecule has 0 aliphatic carbocycles. The van der Waals surface area contributed by atoms with E-state index < -0.39 is 23.0 Å². The van der Waals surface area contributed by atoms with Gasteiger partial charge in [-0.05, 0) is 48.5 Å². The molecule has 1 heterocycles. The summed E-state index contributed by atoms with van der Waals surface area (Å²) in [6.07, 6.45) is 0. The predicted molar refractivity (Wildman–Crippen MR) is 106 cm³/mol. The van der Waals surface area contributed by atoms with Crippen LogP contribution < -0.4 is 10.9 Å². The highest BCUT2D eigenvalue weighted by Gasteiger charge is 2.23. The summed E-state index contributed by atoms with van der Waals surface area (Å²) in [6, 6.07) is 20.8. The van der Waals surface area contributed by atoms with E-state index >= 15 is 0 Å². The van der Waals surface area contributed by atoms with E-state index in [1.165, 1.54) is 28.8 Å². The van der Waals surface area contributed by atoms with Crippen LogP contribution in [0.5, 0.6) is 5.75 Å². The predicted octanol–water partition coefficient (Wildman–Crippen LogP) is 4.09. The average Bonchev–Trinajstić information content (AvgIpc) is 2.71. The molecule has 4 rings (SSSR count). The maximum absolute atomic E-state index is 13.2. The fourth-order valence-corrected chi connectivity index (χ4v) is 3.09. The Morgan fingerprint density at radius 1 is 0.893 bits per heavy atom. The molecule has 2 N–H and O–H groups in total. The van der Waals surface area contributed by atoms with Gasteiger partial charge in [-0.25, -0.2) is 4.39 Å². The molecule has 138 valence electrons. The second kappa shape index (κ2) is 7.00. The van der Waals surface area contributed by atoms with Crippen molar-refractivity contribution in [3.63, 3.8) is 0 Å². The Bertz CT molecular complexity index is 1230. The van der Waals surface area contributed by atoms with Gasteiger partial charge in [0.25, 0.3) is 11.5 Å². The molecule has 5 nitrogen and oxygen atoms in total. The molecule has 6 heteroatoms. The first kappa shape index (κ1) is 17.5. The van der Waals surface area contributed by atoms with Crippen molar-refractivity contribution in [2.24, 2.45) is 0 Å². The lowest BCUT2D eigenvalue weighted by Crippen LogP contribution is -2.29. The molecule has 0 radical (unpaired) electrons. The number of amides is 1. The zero-order valence-electron chi connectivity index (χ0n) is 14.6. The summed E-state index contributed by atoms with van der Waals surface area (Å²) in [6.45, 7) is 0. The molecule has 0 unspecified atom stereocenters. The maximum atomic E-state index is 13.2. The third kappa shape index (κ3) is 3.01. The monoisotopic (exact) mass is 374 g/mol. The second-order valence-electron chi connectivity index (χ2n) is 6.18. The Balaban J connectivity index is 1.92.